The van der Waals surface area contributed by atoms with Gasteiger partial charge in [-0.25, -0.2) is 0 Å². The van der Waals surface area contributed by atoms with Gasteiger partial charge in [0.2, 0.25) is 5.91 Å². The zero-order valence-electron chi connectivity index (χ0n) is 10.2. The van der Waals surface area contributed by atoms with Crippen LogP contribution in [0.15, 0.2) is 28.7 Å². The van der Waals surface area contributed by atoms with Gasteiger partial charge in [0.15, 0.2) is 0 Å². The Morgan fingerprint density at radius 1 is 1.33 bits per heavy atom. The van der Waals surface area contributed by atoms with Gasteiger partial charge in [-0.15, -0.1) is 12.3 Å². The van der Waals surface area contributed by atoms with Crippen molar-refractivity contribution in [3.63, 3.8) is 0 Å². The van der Waals surface area contributed by atoms with Crippen LogP contribution in [-0.2, 0) is 4.79 Å². The molecule has 1 amide bonds. The first-order valence-corrected chi connectivity index (χ1v) is 6.72. The number of unbranched alkanes of at least 4 members (excludes halogenated alkanes) is 2. The lowest BCUT2D eigenvalue weighted by molar-refractivity contribution is -0.115. The van der Waals surface area contributed by atoms with E-state index in [-0.39, 0.29) is 5.91 Å². The molecule has 96 valence electrons. The summed E-state index contributed by atoms with van der Waals surface area (Å²) >= 11 is 3.38. The molecule has 0 saturated carbocycles. The average Bonchev–Trinajstić information content (AvgIpc) is 2.36. The predicted octanol–water partition coefficient (Wildman–Crippen LogP) is 2.78. The van der Waals surface area contributed by atoms with Crippen molar-refractivity contribution in [3.8, 4) is 12.3 Å². The molecule has 0 saturated heterocycles. The Balaban J connectivity index is 2.19. The zero-order chi connectivity index (χ0) is 13.2. The van der Waals surface area contributed by atoms with Crippen LogP contribution in [0, 0.1) is 12.3 Å². The van der Waals surface area contributed by atoms with Crippen molar-refractivity contribution in [2.45, 2.75) is 19.3 Å². The second-order valence-electron chi connectivity index (χ2n) is 3.87. The molecule has 0 aromatic heterocycles. The molecular weight excluding hydrogens is 292 g/mol. The van der Waals surface area contributed by atoms with Crippen LogP contribution in [-0.4, -0.2) is 19.0 Å². The highest BCUT2D eigenvalue weighted by atomic mass is 79.9. The second kappa shape index (κ2) is 8.73. The van der Waals surface area contributed by atoms with Crippen LogP contribution in [0.4, 0.5) is 5.69 Å². The summed E-state index contributed by atoms with van der Waals surface area (Å²) in [6.07, 6.45) is 7.94. The number of amides is 1. The third-order valence-corrected chi connectivity index (χ3v) is 3.05. The fourth-order valence-corrected chi connectivity index (χ4v) is 1.82. The summed E-state index contributed by atoms with van der Waals surface area (Å²) in [5.74, 6) is 2.55. The lowest BCUT2D eigenvalue weighted by Gasteiger charge is -2.07. The van der Waals surface area contributed by atoms with Gasteiger partial charge in [0.25, 0.3) is 0 Å². The van der Waals surface area contributed by atoms with E-state index in [0.717, 1.165) is 36.0 Å². The Hall–Kier alpha value is -1.31. The van der Waals surface area contributed by atoms with E-state index in [1.807, 2.05) is 24.3 Å². The summed E-state index contributed by atoms with van der Waals surface area (Å²) in [4.78, 5) is 11.6. The predicted molar refractivity (Wildman–Crippen MR) is 78.3 cm³/mol. The molecule has 0 spiro atoms. The molecule has 0 aliphatic rings. The zero-order valence-corrected chi connectivity index (χ0v) is 11.8. The maximum atomic E-state index is 11.6. The van der Waals surface area contributed by atoms with Crippen LogP contribution in [0.5, 0.6) is 0 Å². The molecule has 0 radical (unpaired) electrons. The van der Waals surface area contributed by atoms with Gasteiger partial charge in [0, 0.05) is 10.9 Å². The summed E-state index contributed by atoms with van der Waals surface area (Å²) in [6, 6.07) is 7.54. The summed E-state index contributed by atoms with van der Waals surface area (Å²) < 4.78 is 0.882. The van der Waals surface area contributed by atoms with Crippen molar-refractivity contribution in [2.24, 2.45) is 0 Å². The molecular formula is C14H17BrN2O. The molecule has 0 heterocycles. The van der Waals surface area contributed by atoms with Gasteiger partial charge in [-0.3, -0.25) is 4.79 Å². The lowest BCUT2D eigenvalue weighted by Crippen LogP contribution is -2.28. The van der Waals surface area contributed by atoms with Crippen molar-refractivity contribution in [1.29, 1.82) is 0 Å². The summed E-state index contributed by atoms with van der Waals surface area (Å²) in [6.45, 7) is 1.13. The first kappa shape index (κ1) is 14.7. The van der Waals surface area contributed by atoms with Gasteiger partial charge >= 0.3 is 0 Å². The van der Waals surface area contributed by atoms with Gasteiger partial charge in [-0.05, 0) is 47.4 Å². The van der Waals surface area contributed by atoms with Crippen LogP contribution in [0.3, 0.4) is 0 Å². The Morgan fingerprint density at radius 2 is 2.11 bits per heavy atom. The largest absolute Gasteiger partial charge is 0.324 e. The topological polar surface area (TPSA) is 41.1 Å². The van der Waals surface area contributed by atoms with Crippen LogP contribution in [0.25, 0.3) is 0 Å². The quantitative estimate of drug-likeness (QED) is 0.601. The minimum atomic E-state index is -0.0427. The summed E-state index contributed by atoms with van der Waals surface area (Å²) in [7, 11) is 0. The number of hydrogen-bond donors (Lipinski definition) is 2. The fourth-order valence-electron chi connectivity index (χ4n) is 1.44. The Morgan fingerprint density at radius 3 is 2.83 bits per heavy atom. The van der Waals surface area contributed by atoms with E-state index in [1.54, 1.807) is 0 Å². The van der Waals surface area contributed by atoms with E-state index in [2.05, 4.69) is 32.5 Å². The third-order valence-electron chi connectivity index (χ3n) is 2.36. The molecule has 0 bridgehead atoms. The third kappa shape index (κ3) is 5.85. The van der Waals surface area contributed by atoms with Crippen LogP contribution in [0.2, 0.25) is 0 Å². The van der Waals surface area contributed by atoms with Crippen molar-refractivity contribution in [3.05, 3.63) is 28.7 Å². The van der Waals surface area contributed by atoms with E-state index >= 15 is 0 Å². The second-order valence-corrected chi connectivity index (χ2v) is 4.72. The van der Waals surface area contributed by atoms with E-state index in [4.69, 9.17) is 6.42 Å². The number of terminal acetylenes is 1. The van der Waals surface area contributed by atoms with Crippen LogP contribution < -0.4 is 10.6 Å². The van der Waals surface area contributed by atoms with E-state index in [1.165, 1.54) is 0 Å². The number of rotatable bonds is 7. The molecule has 0 atom stereocenters. The van der Waals surface area contributed by atoms with Crippen molar-refractivity contribution in [2.75, 3.05) is 18.4 Å². The molecule has 1 aromatic rings. The molecule has 4 heteroatoms. The number of anilines is 1. The molecule has 1 aromatic carbocycles. The van der Waals surface area contributed by atoms with E-state index < -0.39 is 0 Å². The molecule has 0 aliphatic heterocycles. The lowest BCUT2D eigenvalue weighted by atomic mass is 10.2. The monoisotopic (exact) mass is 308 g/mol. The Labute approximate surface area is 116 Å². The maximum absolute atomic E-state index is 11.6. The van der Waals surface area contributed by atoms with E-state index in [9.17, 15) is 4.79 Å². The molecule has 1 rings (SSSR count). The average molecular weight is 309 g/mol. The standard InChI is InChI=1S/C14H17BrN2O/c1-2-3-4-7-10-16-11-14(18)17-13-9-6-5-8-12(13)15/h1,5-6,8-9,16H,3-4,7,10-11H2,(H,17,18). The van der Waals surface area contributed by atoms with Gasteiger partial charge in [0.1, 0.15) is 0 Å². The number of benzene rings is 1. The minimum Gasteiger partial charge on any atom is -0.324 e. The summed E-state index contributed by atoms with van der Waals surface area (Å²) in [5, 5.41) is 5.92. The van der Waals surface area contributed by atoms with Gasteiger partial charge in [0.05, 0.1) is 12.2 Å². The molecule has 2 N–H and O–H groups in total. The minimum absolute atomic E-state index is 0.0427. The number of hydrogen-bond acceptors (Lipinski definition) is 2. The smallest absolute Gasteiger partial charge is 0.238 e. The van der Waals surface area contributed by atoms with Crippen molar-refractivity contribution >= 4 is 27.5 Å². The van der Waals surface area contributed by atoms with Gasteiger partial charge in [-0.2, -0.15) is 0 Å². The Bertz CT molecular complexity index is 426. The highest BCUT2D eigenvalue weighted by Gasteiger charge is 2.03. The first-order chi connectivity index (χ1) is 8.74. The fraction of sp³-hybridized carbons (Fsp3) is 0.357. The molecule has 0 fully saturated rings. The van der Waals surface area contributed by atoms with Crippen LogP contribution in [0.1, 0.15) is 19.3 Å². The van der Waals surface area contributed by atoms with E-state index in [0.29, 0.717) is 6.54 Å². The van der Waals surface area contributed by atoms with Gasteiger partial charge < -0.3 is 10.6 Å². The first-order valence-electron chi connectivity index (χ1n) is 5.92. The number of nitrogens with one attached hydrogen (secondary N) is 2. The van der Waals surface area contributed by atoms with Gasteiger partial charge in [-0.1, -0.05) is 12.1 Å². The number of halogens is 1. The van der Waals surface area contributed by atoms with Crippen LogP contribution >= 0.6 is 15.9 Å². The molecule has 0 aliphatic carbocycles. The molecule has 3 nitrogen and oxygen atoms in total. The highest BCUT2D eigenvalue weighted by Crippen LogP contribution is 2.20. The number of para-hydroxylation sites is 1. The molecule has 0 unspecified atom stereocenters. The Kier molecular flexibility index (Phi) is 7.16. The highest BCUT2D eigenvalue weighted by molar-refractivity contribution is 9.10. The summed E-state index contributed by atoms with van der Waals surface area (Å²) in [5.41, 5.74) is 0.789. The molecule has 18 heavy (non-hydrogen) atoms. The SMILES string of the molecule is C#CCCCCNCC(=O)Nc1ccccc1Br. The van der Waals surface area contributed by atoms with Crippen molar-refractivity contribution in [1.82, 2.24) is 5.32 Å². The normalized spacial score (nSPS) is 9.78. The maximum Gasteiger partial charge on any atom is 0.238 e. The van der Waals surface area contributed by atoms with Crippen molar-refractivity contribution < 1.29 is 4.79 Å². The number of carbonyl (C=O) groups excluding carboxylic acids is 1. The number of carbonyl (C=O) groups is 1.